The molecule has 0 spiro atoms. The molecule has 0 rings (SSSR count). The van der Waals surface area contributed by atoms with Crippen molar-refractivity contribution in [3.63, 3.8) is 0 Å². The topological polar surface area (TPSA) is 117 Å². The van der Waals surface area contributed by atoms with Gasteiger partial charge in [-0.15, -0.1) is 0 Å². The highest BCUT2D eigenvalue weighted by Gasteiger charge is 1.95. The van der Waals surface area contributed by atoms with E-state index in [1.165, 1.54) is 64.5 Å². The summed E-state index contributed by atoms with van der Waals surface area (Å²) < 4.78 is 0. The van der Waals surface area contributed by atoms with E-state index in [0.29, 0.717) is 6.54 Å². The van der Waals surface area contributed by atoms with E-state index in [1.807, 2.05) is 0 Å². The molecule has 0 aromatic rings. The molecule has 0 aliphatic carbocycles. The molecule has 0 aromatic heterocycles. The maximum Gasteiger partial charge on any atom is 0.233 e. The van der Waals surface area contributed by atoms with Gasteiger partial charge in [0.25, 0.3) is 0 Å². The van der Waals surface area contributed by atoms with Crippen LogP contribution >= 0.6 is 0 Å². The zero-order valence-corrected chi connectivity index (χ0v) is 19.5. The minimum atomic E-state index is -0.0847. The van der Waals surface area contributed by atoms with Gasteiger partial charge in [-0.05, 0) is 84.3 Å². The van der Waals surface area contributed by atoms with Crippen LogP contribution in [0.1, 0.15) is 78.1 Å². The fraction of sp³-hybridized carbons (Fsp3) is 0.955. The predicted octanol–water partition coefficient (Wildman–Crippen LogP) is 1.72. The Kier molecular flexibility index (Phi) is 31.0. The van der Waals surface area contributed by atoms with Crippen molar-refractivity contribution in [2.24, 2.45) is 11.5 Å². The van der Waals surface area contributed by atoms with Gasteiger partial charge in [-0.3, -0.25) is 4.79 Å². The van der Waals surface area contributed by atoms with E-state index in [0.717, 1.165) is 45.6 Å². The standard InChI is InChI=1S/C12H29N5O.C10H23N/c13-5-3-8-15-6-1-2-7-16-9-4-10-17-12(18)11-14;1-3-5-7-8-10-11-9-6-4-2/h15-16H,1-11,13-14H2,(H,17,18);11H,3-10H2,1-2H3. The monoisotopic (exact) mass is 416 g/mol. The van der Waals surface area contributed by atoms with Crippen LogP contribution in [-0.2, 0) is 4.79 Å². The van der Waals surface area contributed by atoms with Crippen LogP contribution in [0.5, 0.6) is 0 Å². The summed E-state index contributed by atoms with van der Waals surface area (Å²) in [5.41, 5.74) is 10.6. The zero-order valence-electron chi connectivity index (χ0n) is 19.5. The van der Waals surface area contributed by atoms with Gasteiger partial charge in [0.05, 0.1) is 6.54 Å². The maximum atomic E-state index is 10.8. The minimum absolute atomic E-state index is 0.0740. The largest absolute Gasteiger partial charge is 0.355 e. The van der Waals surface area contributed by atoms with Crippen LogP contribution in [0.15, 0.2) is 0 Å². The molecule has 0 heterocycles. The lowest BCUT2D eigenvalue weighted by molar-refractivity contribution is -0.119. The van der Waals surface area contributed by atoms with Crippen molar-refractivity contribution in [2.45, 2.75) is 78.1 Å². The quantitative estimate of drug-likeness (QED) is 0.159. The SMILES string of the molecule is CCCCCCNCCCC.NCCCNCCCCNCCCNC(=O)CN. The lowest BCUT2D eigenvalue weighted by Crippen LogP contribution is -2.32. The van der Waals surface area contributed by atoms with E-state index < -0.39 is 0 Å². The fourth-order valence-corrected chi connectivity index (χ4v) is 2.59. The van der Waals surface area contributed by atoms with Crippen LogP contribution < -0.4 is 32.7 Å². The minimum Gasteiger partial charge on any atom is -0.355 e. The van der Waals surface area contributed by atoms with Crippen molar-refractivity contribution in [2.75, 3.05) is 58.9 Å². The van der Waals surface area contributed by atoms with Crippen LogP contribution in [0, 0.1) is 0 Å². The third-order valence-electron chi connectivity index (χ3n) is 4.47. The van der Waals surface area contributed by atoms with Crippen molar-refractivity contribution in [1.82, 2.24) is 21.3 Å². The maximum absolute atomic E-state index is 10.8. The predicted molar refractivity (Wildman–Crippen MR) is 127 cm³/mol. The van der Waals surface area contributed by atoms with E-state index in [2.05, 4.69) is 35.1 Å². The summed E-state index contributed by atoms with van der Waals surface area (Å²) in [6.07, 6.45) is 12.5. The molecule has 0 fully saturated rings. The number of nitrogens with two attached hydrogens (primary N) is 2. The first-order valence-corrected chi connectivity index (χ1v) is 12.0. The van der Waals surface area contributed by atoms with Crippen molar-refractivity contribution in [3.8, 4) is 0 Å². The van der Waals surface area contributed by atoms with E-state index in [4.69, 9.17) is 11.5 Å². The Bertz CT molecular complexity index is 297. The molecule has 7 nitrogen and oxygen atoms in total. The lowest BCUT2D eigenvalue weighted by Gasteiger charge is -2.06. The first kappa shape index (κ1) is 30.5. The highest BCUT2D eigenvalue weighted by Crippen LogP contribution is 1.96. The van der Waals surface area contributed by atoms with Gasteiger partial charge in [-0.2, -0.15) is 0 Å². The number of hydrogen-bond acceptors (Lipinski definition) is 6. The van der Waals surface area contributed by atoms with Gasteiger partial charge < -0.3 is 32.7 Å². The molecule has 7 heteroatoms. The first-order valence-electron chi connectivity index (χ1n) is 12.0. The molecule has 8 N–H and O–H groups in total. The smallest absolute Gasteiger partial charge is 0.233 e. The van der Waals surface area contributed by atoms with Gasteiger partial charge in [0.2, 0.25) is 5.91 Å². The summed E-state index contributed by atoms with van der Waals surface area (Å²) in [6.45, 7) is 12.5. The molecule has 176 valence electrons. The van der Waals surface area contributed by atoms with E-state index >= 15 is 0 Å². The van der Waals surface area contributed by atoms with Crippen LogP contribution in [0.3, 0.4) is 0 Å². The number of hydrogen-bond donors (Lipinski definition) is 6. The molecule has 0 aromatic carbocycles. The Morgan fingerprint density at radius 2 is 1.07 bits per heavy atom. The molecule has 0 saturated heterocycles. The van der Waals surface area contributed by atoms with Gasteiger partial charge in [-0.25, -0.2) is 0 Å². The van der Waals surface area contributed by atoms with Crippen molar-refractivity contribution in [3.05, 3.63) is 0 Å². The first-order chi connectivity index (χ1) is 14.2. The summed E-state index contributed by atoms with van der Waals surface area (Å²) in [5, 5.41) is 12.9. The molecular formula is C22H52N6O. The van der Waals surface area contributed by atoms with Crippen molar-refractivity contribution >= 4 is 5.91 Å². The molecule has 29 heavy (non-hydrogen) atoms. The highest BCUT2D eigenvalue weighted by atomic mass is 16.1. The summed E-state index contributed by atoms with van der Waals surface area (Å²) in [5.74, 6) is -0.0847. The molecular weight excluding hydrogens is 364 g/mol. The third-order valence-corrected chi connectivity index (χ3v) is 4.47. The summed E-state index contributed by atoms with van der Waals surface area (Å²) >= 11 is 0. The number of amides is 1. The van der Waals surface area contributed by atoms with Crippen LogP contribution in [0.4, 0.5) is 0 Å². The average molecular weight is 417 g/mol. The van der Waals surface area contributed by atoms with Gasteiger partial charge in [-0.1, -0.05) is 39.5 Å². The lowest BCUT2D eigenvalue weighted by atomic mass is 10.2. The third kappa shape index (κ3) is 32.2. The summed E-state index contributed by atoms with van der Waals surface area (Å²) in [7, 11) is 0. The van der Waals surface area contributed by atoms with E-state index in [9.17, 15) is 4.79 Å². The Labute approximate surface area is 180 Å². The summed E-state index contributed by atoms with van der Waals surface area (Å²) in [4.78, 5) is 10.8. The molecule has 0 radical (unpaired) electrons. The molecule has 0 aliphatic rings. The zero-order chi connectivity index (χ0) is 21.8. The second-order valence-electron chi connectivity index (χ2n) is 7.42. The number of rotatable bonds is 21. The highest BCUT2D eigenvalue weighted by molar-refractivity contribution is 5.77. The van der Waals surface area contributed by atoms with Crippen molar-refractivity contribution < 1.29 is 4.79 Å². The molecule has 0 aliphatic heterocycles. The number of carbonyl (C=O) groups excluding carboxylic acids is 1. The van der Waals surface area contributed by atoms with Gasteiger partial charge in [0.1, 0.15) is 0 Å². The number of nitrogens with one attached hydrogen (secondary N) is 4. The van der Waals surface area contributed by atoms with Crippen molar-refractivity contribution in [1.29, 1.82) is 0 Å². The molecule has 0 saturated carbocycles. The van der Waals surface area contributed by atoms with Gasteiger partial charge in [0.15, 0.2) is 0 Å². The molecule has 1 amide bonds. The van der Waals surface area contributed by atoms with Crippen LogP contribution in [0.2, 0.25) is 0 Å². The fourth-order valence-electron chi connectivity index (χ4n) is 2.59. The average Bonchev–Trinajstić information content (AvgIpc) is 2.74. The normalized spacial score (nSPS) is 10.5. The van der Waals surface area contributed by atoms with Gasteiger partial charge in [0, 0.05) is 6.54 Å². The Balaban J connectivity index is 0. The second kappa shape index (κ2) is 29.5. The molecule has 0 unspecified atom stereocenters. The van der Waals surface area contributed by atoms with E-state index in [1.54, 1.807) is 0 Å². The Morgan fingerprint density at radius 3 is 1.59 bits per heavy atom. The Hall–Kier alpha value is -0.730. The van der Waals surface area contributed by atoms with Crippen LogP contribution in [0.25, 0.3) is 0 Å². The number of unbranched alkanes of at least 4 members (excludes halogenated alkanes) is 5. The van der Waals surface area contributed by atoms with Gasteiger partial charge >= 0.3 is 0 Å². The Morgan fingerprint density at radius 1 is 0.586 bits per heavy atom. The number of carbonyl (C=O) groups is 1. The van der Waals surface area contributed by atoms with Crippen LogP contribution in [-0.4, -0.2) is 64.8 Å². The summed E-state index contributed by atoms with van der Waals surface area (Å²) in [6, 6.07) is 0. The molecule has 0 atom stereocenters. The second-order valence-corrected chi connectivity index (χ2v) is 7.42. The van der Waals surface area contributed by atoms with E-state index in [-0.39, 0.29) is 12.5 Å². The molecule has 0 bridgehead atoms.